The van der Waals surface area contributed by atoms with Crippen LogP contribution in [0.25, 0.3) is 23.0 Å². The van der Waals surface area contributed by atoms with Crippen molar-refractivity contribution in [2.24, 2.45) is 0 Å². The number of ether oxygens (including phenoxy) is 1. The van der Waals surface area contributed by atoms with Crippen molar-refractivity contribution < 1.29 is 24.7 Å². The van der Waals surface area contributed by atoms with Gasteiger partial charge >= 0.3 is 5.97 Å². The first kappa shape index (κ1) is 18.6. The minimum Gasteiger partial charge on any atom is -0.507 e. The number of aromatic hydroxyl groups is 1. The van der Waals surface area contributed by atoms with E-state index < -0.39 is 10.9 Å². The molecule has 0 fully saturated rings. The monoisotopic (exact) mass is 382 g/mol. The molecule has 142 valence electrons. The third-order valence-corrected chi connectivity index (χ3v) is 3.82. The number of H-pyrrole nitrogens is 1. The van der Waals surface area contributed by atoms with Gasteiger partial charge in [0.05, 0.1) is 12.0 Å². The number of rotatable bonds is 6. The fourth-order valence-electron chi connectivity index (χ4n) is 2.43. The minimum absolute atomic E-state index is 0.0729. The number of hydrogen-bond donors (Lipinski definition) is 3. The standard InChI is InChI=1S/C18H14N4O6/c1-28-13-5-6-15(23)11(8-13)9-14(18(24)25)17-19-16(20-21-17)10-3-2-4-12(7-10)22(26)27/h2-9,23H,1H3,(H,24,25)(H,19,20,21). The summed E-state index contributed by atoms with van der Waals surface area (Å²) in [6.45, 7) is 0. The van der Waals surface area contributed by atoms with Crippen LogP contribution >= 0.6 is 0 Å². The Morgan fingerprint density at radius 3 is 2.75 bits per heavy atom. The topological polar surface area (TPSA) is 151 Å². The zero-order chi connectivity index (χ0) is 20.3. The molecule has 3 aromatic rings. The number of aromatic amines is 1. The molecular formula is C18H14N4O6. The first-order chi connectivity index (χ1) is 13.4. The number of nitro groups is 1. The van der Waals surface area contributed by atoms with Crippen molar-refractivity contribution in [2.75, 3.05) is 7.11 Å². The van der Waals surface area contributed by atoms with E-state index in [-0.39, 0.29) is 34.2 Å². The van der Waals surface area contributed by atoms with Crippen molar-refractivity contribution in [1.82, 2.24) is 15.2 Å². The van der Waals surface area contributed by atoms with Gasteiger partial charge in [-0.3, -0.25) is 15.2 Å². The van der Waals surface area contributed by atoms with Gasteiger partial charge in [-0.05, 0) is 24.3 Å². The molecule has 3 rings (SSSR count). The number of phenols is 1. The Bertz CT molecular complexity index is 1090. The van der Waals surface area contributed by atoms with Crippen LogP contribution in [0.5, 0.6) is 11.5 Å². The lowest BCUT2D eigenvalue weighted by molar-refractivity contribution is -0.384. The molecule has 0 aliphatic carbocycles. The number of aliphatic carboxylic acids is 1. The summed E-state index contributed by atoms with van der Waals surface area (Å²) in [5.74, 6) is -0.984. The molecule has 1 heterocycles. The summed E-state index contributed by atoms with van der Waals surface area (Å²) in [4.78, 5) is 26.2. The number of phenolic OH excluding ortho intramolecular Hbond substituents is 1. The van der Waals surface area contributed by atoms with Crippen LogP contribution in [0.15, 0.2) is 42.5 Å². The molecule has 28 heavy (non-hydrogen) atoms. The largest absolute Gasteiger partial charge is 0.507 e. The van der Waals surface area contributed by atoms with E-state index >= 15 is 0 Å². The second-order valence-corrected chi connectivity index (χ2v) is 5.60. The lowest BCUT2D eigenvalue weighted by Gasteiger charge is -2.05. The van der Waals surface area contributed by atoms with Crippen LogP contribution in [0, 0.1) is 10.1 Å². The Labute approximate surface area is 157 Å². The number of aromatic nitrogens is 3. The van der Waals surface area contributed by atoms with Gasteiger partial charge in [0.15, 0.2) is 11.6 Å². The first-order valence-electron chi connectivity index (χ1n) is 7.88. The van der Waals surface area contributed by atoms with Crippen molar-refractivity contribution >= 4 is 23.3 Å². The van der Waals surface area contributed by atoms with E-state index in [1.165, 1.54) is 49.6 Å². The lowest BCUT2D eigenvalue weighted by atomic mass is 10.1. The van der Waals surface area contributed by atoms with Crippen molar-refractivity contribution in [1.29, 1.82) is 0 Å². The summed E-state index contributed by atoms with van der Waals surface area (Å²) < 4.78 is 5.07. The number of nitro benzene ring substituents is 1. The number of methoxy groups -OCH3 is 1. The van der Waals surface area contributed by atoms with Gasteiger partial charge in [0.1, 0.15) is 17.1 Å². The molecule has 0 amide bonds. The van der Waals surface area contributed by atoms with Crippen molar-refractivity contribution in [3.63, 3.8) is 0 Å². The predicted molar refractivity (Wildman–Crippen MR) is 98.6 cm³/mol. The number of carbonyl (C=O) groups is 1. The van der Waals surface area contributed by atoms with Gasteiger partial charge in [0, 0.05) is 23.3 Å². The molecule has 1 aromatic heterocycles. The second kappa shape index (κ2) is 7.58. The Hall–Kier alpha value is -4.21. The number of nitrogens with zero attached hydrogens (tertiary/aromatic N) is 3. The number of carboxylic acids is 1. The van der Waals surface area contributed by atoms with Crippen LogP contribution < -0.4 is 4.74 Å². The van der Waals surface area contributed by atoms with Gasteiger partial charge in [-0.25, -0.2) is 9.78 Å². The molecular weight excluding hydrogens is 368 g/mol. The Kier molecular flexibility index (Phi) is 5.03. The molecule has 0 bridgehead atoms. The summed E-state index contributed by atoms with van der Waals surface area (Å²) in [5, 5.41) is 36.9. The lowest BCUT2D eigenvalue weighted by Crippen LogP contribution is -2.01. The van der Waals surface area contributed by atoms with Gasteiger partial charge in [-0.15, -0.1) is 0 Å². The quantitative estimate of drug-likeness (QED) is 0.334. The van der Waals surface area contributed by atoms with Gasteiger partial charge in [0.2, 0.25) is 0 Å². The summed E-state index contributed by atoms with van der Waals surface area (Å²) >= 11 is 0. The molecule has 0 aliphatic heterocycles. The molecule has 3 N–H and O–H groups in total. The van der Waals surface area contributed by atoms with Gasteiger partial charge in [0.25, 0.3) is 5.69 Å². The van der Waals surface area contributed by atoms with E-state index in [9.17, 15) is 25.1 Å². The number of nitrogens with one attached hydrogen (secondary N) is 1. The zero-order valence-electron chi connectivity index (χ0n) is 14.5. The maximum atomic E-state index is 11.7. The van der Waals surface area contributed by atoms with Gasteiger partial charge in [-0.2, -0.15) is 5.10 Å². The number of non-ortho nitro benzene ring substituents is 1. The highest BCUT2D eigenvalue weighted by Gasteiger charge is 2.18. The maximum Gasteiger partial charge on any atom is 0.339 e. The van der Waals surface area contributed by atoms with Crippen LogP contribution in [0.1, 0.15) is 11.4 Å². The fourth-order valence-corrected chi connectivity index (χ4v) is 2.43. The van der Waals surface area contributed by atoms with E-state index in [1.54, 1.807) is 6.07 Å². The maximum absolute atomic E-state index is 11.7. The van der Waals surface area contributed by atoms with Crippen molar-refractivity contribution in [3.05, 3.63) is 64.0 Å². The van der Waals surface area contributed by atoms with Crippen LogP contribution in [-0.2, 0) is 4.79 Å². The highest BCUT2D eigenvalue weighted by Crippen LogP contribution is 2.28. The van der Waals surface area contributed by atoms with E-state index in [4.69, 9.17) is 4.74 Å². The molecule has 0 saturated heterocycles. The summed E-state index contributed by atoms with van der Waals surface area (Å²) in [5.41, 5.74) is 0.169. The third kappa shape index (κ3) is 3.80. The molecule has 0 saturated carbocycles. The molecule has 0 unspecified atom stereocenters. The predicted octanol–water partition coefficient (Wildman–Crippen LogP) is 2.72. The molecule has 0 radical (unpaired) electrons. The van der Waals surface area contributed by atoms with Crippen LogP contribution in [0.3, 0.4) is 0 Å². The highest BCUT2D eigenvalue weighted by atomic mass is 16.6. The SMILES string of the molecule is COc1ccc(O)c(C=C(C(=O)O)c2nc(-c3cccc([N+](=O)[O-])c3)n[nH]2)c1. The first-order valence-corrected chi connectivity index (χ1v) is 7.88. The van der Waals surface area contributed by atoms with Crippen LogP contribution in [-0.4, -0.2) is 43.4 Å². The van der Waals surface area contributed by atoms with E-state index in [0.29, 0.717) is 11.3 Å². The smallest absolute Gasteiger partial charge is 0.339 e. The van der Waals surface area contributed by atoms with E-state index in [2.05, 4.69) is 15.2 Å². The molecule has 10 nitrogen and oxygen atoms in total. The number of carboxylic acid groups (broad SMARTS) is 1. The molecule has 0 atom stereocenters. The average molecular weight is 382 g/mol. The molecule has 2 aromatic carbocycles. The van der Waals surface area contributed by atoms with Crippen molar-refractivity contribution in [2.45, 2.75) is 0 Å². The Morgan fingerprint density at radius 1 is 1.29 bits per heavy atom. The summed E-state index contributed by atoms with van der Waals surface area (Å²) in [7, 11) is 1.44. The molecule has 10 heteroatoms. The van der Waals surface area contributed by atoms with Gasteiger partial charge < -0.3 is 14.9 Å². The van der Waals surface area contributed by atoms with Gasteiger partial charge in [-0.1, -0.05) is 12.1 Å². The minimum atomic E-state index is -1.30. The third-order valence-electron chi connectivity index (χ3n) is 3.82. The van der Waals surface area contributed by atoms with Crippen LogP contribution in [0.4, 0.5) is 5.69 Å². The second-order valence-electron chi connectivity index (χ2n) is 5.60. The average Bonchev–Trinajstić information content (AvgIpc) is 3.17. The number of benzene rings is 2. The van der Waals surface area contributed by atoms with E-state index in [1.807, 2.05) is 0 Å². The number of hydrogen-bond acceptors (Lipinski definition) is 7. The van der Waals surface area contributed by atoms with E-state index in [0.717, 1.165) is 0 Å². The van der Waals surface area contributed by atoms with Crippen molar-refractivity contribution in [3.8, 4) is 22.9 Å². The zero-order valence-corrected chi connectivity index (χ0v) is 14.5. The fraction of sp³-hybridized carbons (Fsp3) is 0.0556. The normalized spacial score (nSPS) is 11.2. The van der Waals surface area contributed by atoms with Crippen LogP contribution in [0.2, 0.25) is 0 Å². The Morgan fingerprint density at radius 2 is 2.07 bits per heavy atom. The molecule has 0 spiro atoms. The highest BCUT2D eigenvalue weighted by molar-refractivity contribution is 6.19. The molecule has 0 aliphatic rings. The Balaban J connectivity index is 2.03. The summed E-state index contributed by atoms with van der Waals surface area (Å²) in [6.07, 6.45) is 1.22. The summed E-state index contributed by atoms with van der Waals surface area (Å²) in [6, 6.07) is 10.0.